The lowest BCUT2D eigenvalue weighted by molar-refractivity contribution is -0.129. The summed E-state index contributed by atoms with van der Waals surface area (Å²) in [6, 6.07) is 18.7. The topological polar surface area (TPSA) is 57.1 Å². The number of ether oxygens (including phenoxy) is 3. The van der Waals surface area contributed by atoms with Crippen LogP contribution < -0.4 is 9.47 Å². The van der Waals surface area contributed by atoms with E-state index in [-0.39, 0.29) is 17.4 Å². The number of nitrogens with zero attached hydrogens (tertiary/aromatic N) is 1. The van der Waals surface area contributed by atoms with Crippen LogP contribution in [0.4, 0.5) is 4.39 Å². The lowest BCUT2D eigenvalue weighted by atomic mass is 10.1. The maximum Gasteiger partial charge on any atom is 0.363 e. The second kappa shape index (κ2) is 9.14. The molecule has 0 unspecified atom stereocenters. The van der Waals surface area contributed by atoms with Crippen LogP contribution in [0.3, 0.4) is 0 Å². The monoisotopic (exact) mass is 481 g/mol. The summed E-state index contributed by atoms with van der Waals surface area (Å²) < 4.78 is 30.8. The second-order valence-corrected chi connectivity index (χ2v) is 7.46. The zero-order chi connectivity index (χ0) is 21.8. The number of halogens is 2. The first-order chi connectivity index (χ1) is 15.0. The van der Waals surface area contributed by atoms with Gasteiger partial charge in [0.2, 0.25) is 5.90 Å². The van der Waals surface area contributed by atoms with E-state index in [0.29, 0.717) is 29.2 Å². The van der Waals surface area contributed by atoms with Crippen LogP contribution in [0.1, 0.15) is 16.7 Å². The van der Waals surface area contributed by atoms with Crippen LogP contribution in [0.5, 0.6) is 11.5 Å². The molecule has 3 aromatic carbocycles. The highest BCUT2D eigenvalue weighted by Gasteiger charge is 2.25. The number of methoxy groups -OCH3 is 1. The van der Waals surface area contributed by atoms with Crippen LogP contribution in [-0.4, -0.2) is 19.0 Å². The molecule has 0 spiro atoms. The molecule has 0 bridgehead atoms. The molecule has 0 saturated carbocycles. The summed E-state index contributed by atoms with van der Waals surface area (Å²) in [5.74, 6) is 0.142. The van der Waals surface area contributed by atoms with Crippen molar-refractivity contribution in [2.24, 2.45) is 4.99 Å². The van der Waals surface area contributed by atoms with Gasteiger partial charge in [0.1, 0.15) is 12.4 Å². The van der Waals surface area contributed by atoms with E-state index in [9.17, 15) is 9.18 Å². The minimum atomic E-state index is -0.598. The highest BCUT2D eigenvalue weighted by molar-refractivity contribution is 9.10. The highest BCUT2D eigenvalue weighted by Crippen LogP contribution is 2.34. The van der Waals surface area contributed by atoms with Gasteiger partial charge in [-0.3, -0.25) is 0 Å². The Bertz CT molecular complexity index is 1190. The van der Waals surface area contributed by atoms with E-state index in [0.717, 1.165) is 10.0 Å². The van der Waals surface area contributed by atoms with Gasteiger partial charge in [-0.05, 0) is 42.5 Å². The van der Waals surface area contributed by atoms with E-state index in [4.69, 9.17) is 14.2 Å². The van der Waals surface area contributed by atoms with Crippen molar-refractivity contribution in [2.75, 3.05) is 7.11 Å². The highest BCUT2D eigenvalue weighted by atomic mass is 79.9. The Morgan fingerprint density at radius 2 is 1.84 bits per heavy atom. The molecular formula is C24H17BrFNO4. The van der Waals surface area contributed by atoms with Crippen LogP contribution >= 0.6 is 15.9 Å². The third-order valence-electron chi connectivity index (χ3n) is 4.56. The molecular weight excluding hydrogens is 465 g/mol. The Kier molecular flexibility index (Phi) is 6.13. The van der Waals surface area contributed by atoms with E-state index >= 15 is 0 Å². The molecule has 0 amide bonds. The van der Waals surface area contributed by atoms with Gasteiger partial charge >= 0.3 is 5.97 Å². The van der Waals surface area contributed by atoms with Gasteiger partial charge in [0.25, 0.3) is 0 Å². The molecule has 0 saturated heterocycles. The summed E-state index contributed by atoms with van der Waals surface area (Å²) in [7, 11) is 1.55. The van der Waals surface area contributed by atoms with Gasteiger partial charge in [-0.1, -0.05) is 46.3 Å². The molecule has 7 heteroatoms. The number of esters is 1. The SMILES string of the molecule is COc1cccc(/C=C2\N=C(c3ccc(F)cc3)OC2=O)c1OCc1ccccc1Br. The quantitative estimate of drug-likeness (QED) is 0.343. The summed E-state index contributed by atoms with van der Waals surface area (Å²) in [5, 5.41) is 0. The number of para-hydroxylation sites is 1. The van der Waals surface area contributed by atoms with E-state index < -0.39 is 5.97 Å². The normalized spacial score (nSPS) is 14.4. The minimum Gasteiger partial charge on any atom is -0.493 e. The number of aliphatic imine (C=N–C) groups is 1. The van der Waals surface area contributed by atoms with Gasteiger partial charge in [0, 0.05) is 21.2 Å². The molecule has 156 valence electrons. The van der Waals surface area contributed by atoms with Crippen molar-refractivity contribution < 1.29 is 23.4 Å². The van der Waals surface area contributed by atoms with Gasteiger partial charge in [-0.25, -0.2) is 14.2 Å². The first kappa shape index (κ1) is 20.8. The predicted molar refractivity (Wildman–Crippen MR) is 118 cm³/mol. The molecule has 1 aliphatic heterocycles. The van der Waals surface area contributed by atoms with Crippen molar-refractivity contribution in [1.82, 2.24) is 0 Å². The molecule has 5 nitrogen and oxygen atoms in total. The zero-order valence-electron chi connectivity index (χ0n) is 16.5. The van der Waals surface area contributed by atoms with Crippen molar-refractivity contribution in [2.45, 2.75) is 6.61 Å². The number of carbonyl (C=O) groups is 1. The Labute approximate surface area is 186 Å². The van der Waals surface area contributed by atoms with Gasteiger partial charge in [-0.15, -0.1) is 0 Å². The molecule has 31 heavy (non-hydrogen) atoms. The minimum absolute atomic E-state index is 0.110. The zero-order valence-corrected chi connectivity index (χ0v) is 18.1. The molecule has 0 aromatic heterocycles. The number of hydrogen-bond acceptors (Lipinski definition) is 5. The molecule has 0 radical (unpaired) electrons. The van der Waals surface area contributed by atoms with E-state index in [1.165, 1.54) is 24.3 Å². The van der Waals surface area contributed by atoms with Crippen molar-refractivity contribution in [1.29, 1.82) is 0 Å². The van der Waals surface area contributed by atoms with E-state index in [1.54, 1.807) is 31.4 Å². The Morgan fingerprint density at radius 3 is 2.58 bits per heavy atom. The van der Waals surface area contributed by atoms with Crippen molar-refractivity contribution in [3.05, 3.63) is 99.4 Å². The van der Waals surface area contributed by atoms with Crippen LogP contribution in [0, 0.1) is 5.82 Å². The summed E-state index contributed by atoms with van der Waals surface area (Å²) >= 11 is 3.51. The molecule has 0 aliphatic carbocycles. The Balaban J connectivity index is 1.66. The molecule has 0 N–H and O–H groups in total. The Hall–Kier alpha value is -3.45. The standard InChI is InChI=1S/C24H17BrFNO4/c1-29-21-8-4-6-16(22(21)30-14-17-5-2-3-7-19(17)25)13-20-24(28)31-23(27-20)15-9-11-18(26)12-10-15/h2-13H,14H2,1H3/b20-13-. The van der Waals surface area contributed by atoms with Gasteiger partial charge in [-0.2, -0.15) is 0 Å². The number of benzene rings is 3. The first-order valence-corrected chi connectivity index (χ1v) is 10.2. The van der Waals surface area contributed by atoms with E-state index in [1.807, 2.05) is 24.3 Å². The van der Waals surface area contributed by atoms with Crippen LogP contribution in [0.2, 0.25) is 0 Å². The molecule has 0 atom stereocenters. The van der Waals surface area contributed by atoms with Crippen molar-refractivity contribution in [3.8, 4) is 11.5 Å². The van der Waals surface area contributed by atoms with E-state index in [2.05, 4.69) is 20.9 Å². The smallest absolute Gasteiger partial charge is 0.363 e. The third-order valence-corrected chi connectivity index (χ3v) is 5.34. The van der Waals surface area contributed by atoms with Crippen LogP contribution in [0.15, 0.2) is 81.9 Å². The fourth-order valence-corrected chi connectivity index (χ4v) is 3.40. The number of hydrogen-bond donors (Lipinski definition) is 0. The van der Waals surface area contributed by atoms with Gasteiger partial charge in [0.15, 0.2) is 17.2 Å². The lowest BCUT2D eigenvalue weighted by Crippen LogP contribution is -2.05. The maximum atomic E-state index is 13.2. The lowest BCUT2D eigenvalue weighted by Gasteiger charge is -2.14. The average Bonchev–Trinajstić information content (AvgIpc) is 3.14. The number of carbonyl (C=O) groups excluding carboxylic acids is 1. The van der Waals surface area contributed by atoms with Gasteiger partial charge < -0.3 is 14.2 Å². The molecule has 1 heterocycles. The summed E-state index contributed by atoms with van der Waals surface area (Å²) in [5.41, 5.74) is 2.19. The van der Waals surface area contributed by atoms with Gasteiger partial charge in [0.05, 0.1) is 7.11 Å². The first-order valence-electron chi connectivity index (χ1n) is 9.37. The Morgan fingerprint density at radius 1 is 1.06 bits per heavy atom. The summed E-state index contributed by atoms with van der Waals surface area (Å²) in [4.78, 5) is 16.6. The third kappa shape index (κ3) is 4.67. The fraction of sp³-hybridized carbons (Fsp3) is 0.0833. The maximum absolute atomic E-state index is 13.2. The molecule has 1 aliphatic rings. The van der Waals surface area contributed by atoms with Crippen molar-refractivity contribution >= 4 is 33.9 Å². The van der Waals surface area contributed by atoms with Crippen molar-refractivity contribution in [3.63, 3.8) is 0 Å². The summed E-state index contributed by atoms with van der Waals surface area (Å²) in [6.45, 7) is 0.298. The van der Waals surface area contributed by atoms with Crippen LogP contribution in [0.25, 0.3) is 6.08 Å². The molecule has 4 rings (SSSR count). The fourth-order valence-electron chi connectivity index (χ4n) is 3.00. The predicted octanol–water partition coefficient (Wildman–Crippen LogP) is 5.52. The number of cyclic esters (lactones) is 1. The number of rotatable bonds is 6. The summed E-state index contributed by atoms with van der Waals surface area (Å²) in [6.07, 6.45) is 1.58. The average molecular weight is 482 g/mol. The second-order valence-electron chi connectivity index (χ2n) is 6.60. The largest absolute Gasteiger partial charge is 0.493 e. The van der Waals surface area contributed by atoms with Crippen LogP contribution in [-0.2, 0) is 16.1 Å². The molecule has 3 aromatic rings. The molecule has 0 fully saturated rings.